The molecule has 10 heteroatoms. The minimum absolute atomic E-state index is 0.00789. The molecule has 0 aliphatic carbocycles. The van der Waals surface area contributed by atoms with Crippen LogP contribution >= 0.6 is 0 Å². The molecule has 3 heterocycles. The second kappa shape index (κ2) is 4.46. The van der Waals surface area contributed by atoms with Gasteiger partial charge in [0.15, 0.2) is 5.82 Å². The van der Waals surface area contributed by atoms with Crippen LogP contribution in [0.25, 0.3) is 0 Å². The monoisotopic (exact) mass is 314 g/mol. The first kappa shape index (κ1) is 13.9. The quantitative estimate of drug-likeness (QED) is 0.694. The zero-order valence-electron chi connectivity index (χ0n) is 10.7. The Balaban J connectivity index is 1.92. The van der Waals surface area contributed by atoms with Crippen LogP contribution in [0, 0.1) is 5.82 Å². The maximum absolute atomic E-state index is 13.6. The van der Waals surface area contributed by atoms with E-state index in [1.54, 1.807) is 0 Å². The number of pyridine rings is 1. The number of hydrogen-bond donors (Lipinski definition) is 2. The topological polar surface area (TPSA) is 108 Å². The van der Waals surface area contributed by atoms with Crippen LogP contribution in [0.4, 0.5) is 9.18 Å². The summed E-state index contributed by atoms with van der Waals surface area (Å²) in [5.41, 5.74) is -1.28. The molecule has 3 rings (SSSR count). The lowest BCUT2D eigenvalue weighted by molar-refractivity contribution is -0.123. The van der Waals surface area contributed by atoms with Crippen LogP contribution < -0.4 is 10.6 Å². The van der Waals surface area contributed by atoms with Gasteiger partial charge in [0, 0.05) is 19.3 Å². The molecule has 112 valence electrons. The number of hydrogen-bond acceptors (Lipinski definition) is 5. The average molecular weight is 314 g/mol. The van der Waals surface area contributed by atoms with Gasteiger partial charge in [-0.25, -0.2) is 22.6 Å². The van der Waals surface area contributed by atoms with Crippen molar-refractivity contribution in [3.63, 3.8) is 0 Å². The molecule has 0 radical (unpaired) electrons. The highest BCUT2D eigenvalue weighted by Gasteiger charge is 2.53. The van der Waals surface area contributed by atoms with Crippen LogP contribution in [0.15, 0.2) is 23.4 Å². The van der Waals surface area contributed by atoms with Gasteiger partial charge in [0.05, 0.1) is 0 Å². The predicted molar refractivity (Wildman–Crippen MR) is 67.0 cm³/mol. The number of rotatable bonds is 2. The lowest BCUT2D eigenvalue weighted by atomic mass is 10.00. The maximum atomic E-state index is 13.6. The van der Waals surface area contributed by atoms with E-state index in [1.807, 2.05) is 0 Å². The smallest absolute Gasteiger partial charge is 0.322 e. The molecule has 2 aliphatic rings. The molecule has 1 aromatic heterocycles. The van der Waals surface area contributed by atoms with Gasteiger partial charge in [-0.2, -0.15) is 4.31 Å². The normalized spacial score (nSPS) is 26.1. The van der Waals surface area contributed by atoms with Gasteiger partial charge in [0.1, 0.15) is 5.54 Å². The Bertz CT molecular complexity index is 737. The van der Waals surface area contributed by atoms with E-state index in [9.17, 15) is 22.4 Å². The summed E-state index contributed by atoms with van der Waals surface area (Å²) in [7, 11) is -4.16. The zero-order valence-corrected chi connectivity index (χ0v) is 11.5. The minimum atomic E-state index is -4.16. The third-order valence-electron chi connectivity index (χ3n) is 3.56. The lowest BCUT2D eigenvalue weighted by Gasteiger charge is -2.20. The van der Waals surface area contributed by atoms with E-state index >= 15 is 0 Å². The molecule has 0 aromatic carbocycles. The van der Waals surface area contributed by atoms with Crippen molar-refractivity contribution in [1.82, 2.24) is 19.9 Å². The Hall–Kier alpha value is -2.07. The van der Waals surface area contributed by atoms with E-state index in [4.69, 9.17) is 0 Å². The van der Waals surface area contributed by atoms with E-state index in [0.717, 1.165) is 10.4 Å². The van der Waals surface area contributed by atoms with Gasteiger partial charge in [-0.15, -0.1) is 0 Å². The Labute approximate surface area is 119 Å². The highest BCUT2D eigenvalue weighted by molar-refractivity contribution is 7.89. The summed E-state index contributed by atoms with van der Waals surface area (Å²) in [6.07, 6.45) is 1.30. The minimum Gasteiger partial charge on any atom is -0.322 e. The van der Waals surface area contributed by atoms with Gasteiger partial charge < -0.3 is 5.32 Å². The first-order valence-corrected chi connectivity index (χ1v) is 7.53. The lowest BCUT2D eigenvalue weighted by Crippen LogP contribution is -2.49. The number of carbonyl (C=O) groups is 2. The number of sulfonamides is 1. The SMILES string of the molecule is O=C1NC(=O)C2(CCN(S(=O)(=O)c3ncccc3F)C2)N1. The summed E-state index contributed by atoms with van der Waals surface area (Å²) >= 11 is 0. The van der Waals surface area contributed by atoms with Crippen LogP contribution in [0.1, 0.15) is 6.42 Å². The van der Waals surface area contributed by atoms with E-state index in [1.165, 1.54) is 12.3 Å². The van der Waals surface area contributed by atoms with Crippen molar-refractivity contribution >= 4 is 22.0 Å². The molecule has 0 bridgehead atoms. The number of carbonyl (C=O) groups excluding carboxylic acids is 2. The molecule has 0 saturated carbocycles. The van der Waals surface area contributed by atoms with Gasteiger partial charge in [-0.3, -0.25) is 10.1 Å². The van der Waals surface area contributed by atoms with Crippen LogP contribution in [-0.2, 0) is 14.8 Å². The highest BCUT2D eigenvalue weighted by atomic mass is 32.2. The molecule has 8 nitrogen and oxygen atoms in total. The molecule has 2 N–H and O–H groups in total. The van der Waals surface area contributed by atoms with Crippen molar-refractivity contribution < 1.29 is 22.4 Å². The molecule has 2 fully saturated rings. The van der Waals surface area contributed by atoms with Gasteiger partial charge in [0.25, 0.3) is 15.9 Å². The number of nitrogens with one attached hydrogen (secondary N) is 2. The van der Waals surface area contributed by atoms with Crippen LogP contribution in [0.5, 0.6) is 0 Å². The summed E-state index contributed by atoms with van der Waals surface area (Å²) in [6, 6.07) is 1.61. The van der Waals surface area contributed by atoms with Gasteiger partial charge in [0.2, 0.25) is 5.03 Å². The van der Waals surface area contributed by atoms with Crippen LogP contribution in [0.3, 0.4) is 0 Å². The Morgan fingerprint density at radius 3 is 2.76 bits per heavy atom. The Kier molecular flexibility index (Phi) is 2.95. The van der Waals surface area contributed by atoms with Crippen molar-refractivity contribution in [1.29, 1.82) is 0 Å². The summed E-state index contributed by atoms with van der Waals surface area (Å²) in [5.74, 6) is -1.54. The number of halogens is 1. The standard InChI is InChI=1S/C11H11FN4O4S/c12-7-2-1-4-13-8(7)21(19,20)16-5-3-11(6-16)9(17)14-10(18)15-11/h1-2,4H,3,5-6H2,(H2,14,15,17,18). The molecule has 21 heavy (non-hydrogen) atoms. The van der Waals surface area contributed by atoms with Crippen molar-refractivity contribution in [3.8, 4) is 0 Å². The van der Waals surface area contributed by atoms with Crippen molar-refractivity contribution in [2.75, 3.05) is 13.1 Å². The number of imide groups is 1. The van der Waals surface area contributed by atoms with Gasteiger partial charge >= 0.3 is 6.03 Å². The van der Waals surface area contributed by atoms with Gasteiger partial charge in [-0.1, -0.05) is 0 Å². The maximum Gasteiger partial charge on any atom is 0.322 e. The molecule has 1 atom stereocenters. The largest absolute Gasteiger partial charge is 0.322 e. The van der Waals surface area contributed by atoms with E-state index < -0.39 is 38.3 Å². The molecule has 2 saturated heterocycles. The molecule has 2 aliphatic heterocycles. The van der Waals surface area contributed by atoms with Crippen molar-refractivity contribution in [2.45, 2.75) is 17.0 Å². The first-order chi connectivity index (χ1) is 9.85. The molecule has 3 amide bonds. The second-order valence-corrected chi connectivity index (χ2v) is 6.72. The summed E-state index contributed by atoms with van der Waals surface area (Å²) < 4.78 is 39.3. The summed E-state index contributed by atoms with van der Waals surface area (Å²) in [4.78, 5) is 26.5. The average Bonchev–Trinajstić information content (AvgIpc) is 2.95. The van der Waals surface area contributed by atoms with Crippen molar-refractivity contribution in [3.05, 3.63) is 24.1 Å². The zero-order chi connectivity index (χ0) is 15.3. The van der Waals surface area contributed by atoms with Crippen LogP contribution in [0.2, 0.25) is 0 Å². The number of nitrogens with zero attached hydrogens (tertiary/aromatic N) is 2. The summed E-state index contributed by atoms with van der Waals surface area (Å²) in [6.45, 7) is -0.255. The highest BCUT2D eigenvalue weighted by Crippen LogP contribution is 2.29. The van der Waals surface area contributed by atoms with E-state index in [0.29, 0.717) is 0 Å². The first-order valence-electron chi connectivity index (χ1n) is 6.09. The third kappa shape index (κ3) is 2.07. The van der Waals surface area contributed by atoms with E-state index in [2.05, 4.69) is 15.6 Å². The molecule has 1 unspecified atom stereocenters. The fourth-order valence-electron chi connectivity index (χ4n) is 2.48. The number of urea groups is 1. The molecular formula is C11H11FN4O4S. The summed E-state index contributed by atoms with van der Waals surface area (Å²) in [5, 5.41) is 3.81. The van der Waals surface area contributed by atoms with Crippen molar-refractivity contribution in [2.24, 2.45) is 0 Å². The fourth-order valence-corrected chi connectivity index (χ4v) is 3.95. The molecule has 1 spiro atoms. The second-order valence-electron chi connectivity index (χ2n) is 4.87. The molecular weight excluding hydrogens is 303 g/mol. The predicted octanol–water partition coefficient (Wildman–Crippen LogP) is -0.807. The Morgan fingerprint density at radius 1 is 1.38 bits per heavy atom. The molecule has 1 aromatic rings. The van der Waals surface area contributed by atoms with Crippen LogP contribution in [-0.4, -0.2) is 48.3 Å². The third-order valence-corrected chi connectivity index (χ3v) is 5.34. The number of aromatic nitrogens is 1. The Morgan fingerprint density at radius 2 is 2.14 bits per heavy atom. The van der Waals surface area contributed by atoms with E-state index in [-0.39, 0.29) is 19.5 Å². The number of amides is 3. The fraction of sp³-hybridized carbons (Fsp3) is 0.364. The van der Waals surface area contributed by atoms with Gasteiger partial charge in [-0.05, 0) is 18.6 Å².